The van der Waals surface area contributed by atoms with Gasteiger partial charge in [0, 0.05) is 48.7 Å². The van der Waals surface area contributed by atoms with Crippen LogP contribution >= 0.6 is 0 Å². The van der Waals surface area contributed by atoms with Gasteiger partial charge in [-0.1, -0.05) is 30.3 Å². The van der Waals surface area contributed by atoms with E-state index in [1.54, 1.807) is 7.11 Å². The standard InChI is InChI=1S/C37H39N5O3/c1-40-35-29(14-27(17-33(35)45-2)37(44)42-19-25-9-10-30(42)34(25)38)39-36(40)32-16-24-8-7-23(15-31(24)41(32)18-20-3-4-20)21-5-6-22-12-28(43)13-26(22)11-21/h5-8,11,14-17,20,25,28,30,34,43H,3-4,9-10,12-13,18-19,38H2,1-2H3/t25?,28?,30?,34-/m1/s1. The van der Waals surface area contributed by atoms with Crippen LogP contribution in [0.5, 0.6) is 5.75 Å². The molecule has 8 heteroatoms. The maximum Gasteiger partial charge on any atom is 0.254 e. The van der Waals surface area contributed by atoms with Crippen LogP contribution < -0.4 is 10.5 Å². The van der Waals surface area contributed by atoms with Gasteiger partial charge in [0.25, 0.3) is 5.91 Å². The van der Waals surface area contributed by atoms with Gasteiger partial charge in [-0.15, -0.1) is 0 Å². The number of aliphatic hydroxyl groups excluding tert-OH is 1. The second-order valence-electron chi connectivity index (χ2n) is 13.9. The summed E-state index contributed by atoms with van der Waals surface area (Å²) >= 11 is 0. The molecule has 4 aliphatic rings. The molecule has 5 aromatic rings. The molecule has 1 amide bonds. The van der Waals surface area contributed by atoms with E-state index in [0.717, 1.165) is 61.3 Å². The van der Waals surface area contributed by atoms with Crippen LogP contribution in [0.15, 0.2) is 54.6 Å². The molecule has 1 saturated heterocycles. The number of piperidine rings is 1. The maximum absolute atomic E-state index is 13.7. The molecule has 2 saturated carbocycles. The molecule has 8 nitrogen and oxygen atoms in total. The molecule has 3 N–H and O–H groups in total. The highest BCUT2D eigenvalue weighted by atomic mass is 16.5. The fourth-order valence-electron chi connectivity index (χ4n) is 8.42. The van der Waals surface area contributed by atoms with Gasteiger partial charge in [0.1, 0.15) is 11.3 Å². The Hall–Kier alpha value is -4.14. The lowest BCUT2D eigenvalue weighted by molar-refractivity contribution is 0.0700. The third kappa shape index (κ3) is 4.26. The number of methoxy groups -OCH3 is 1. The molecule has 0 radical (unpaired) electrons. The number of benzene rings is 3. The van der Waals surface area contributed by atoms with Crippen LogP contribution in [-0.2, 0) is 26.4 Å². The highest BCUT2D eigenvalue weighted by Gasteiger charge is 2.47. The first kappa shape index (κ1) is 27.2. The number of likely N-dealkylation sites (tertiary alicyclic amines) is 1. The summed E-state index contributed by atoms with van der Waals surface area (Å²) in [5.41, 5.74) is 15.8. The molecule has 3 aromatic carbocycles. The smallest absolute Gasteiger partial charge is 0.254 e. The van der Waals surface area contributed by atoms with Gasteiger partial charge in [-0.25, -0.2) is 4.98 Å². The maximum atomic E-state index is 13.7. The molecule has 0 spiro atoms. The number of amides is 1. The first-order valence-corrected chi connectivity index (χ1v) is 16.4. The van der Waals surface area contributed by atoms with Crippen molar-refractivity contribution < 1.29 is 14.6 Å². The van der Waals surface area contributed by atoms with Gasteiger partial charge in [0.2, 0.25) is 0 Å². The van der Waals surface area contributed by atoms with Crippen molar-refractivity contribution in [3.05, 3.63) is 71.3 Å². The molecule has 2 bridgehead atoms. The van der Waals surface area contributed by atoms with Gasteiger partial charge in [-0.2, -0.15) is 0 Å². The number of fused-ring (bicyclic) bond motifs is 5. The summed E-state index contributed by atoms with van der Waals surface area (Å²) in [7, 11) is 3.70. The van der Waals surface area contributed by atoms with E-state index in [1.807, 2.05) is 24.1 Å². The molecule has 230 valence electrons. The van der Waals surface area contributed by atoms with Gasteiger partial charge >= 0.3 is 0 Å². The van der Waals surface area contributed by atoms with E-state index in [2.05, 4.69) is 51.6 Å². The lowest BCUT2D eigenvalue weighted by Gasteiger charge is -2.27. The molecule has 1 aliphatic heterocycles. The van der Waals surface area contributed by atoms with E-state index >= 15 is 0 Å². The van der Waals surface area contributed by atoms with Gasteiger partial charge in [-0.3, -0.25) is 4.79 Å². The number of aryl methyl sites for hydroxylation is 1. The second-order valence-corrected chi connectivity index (χ2v) is 13.9. The average molecular weight is 602 g/mol. The summed E-state index contributed by atoms with van der Waals surface area (Å²) in [5, 5.41) is 11.4. The summed E-state index contributed by atoms with van der Waals surface area (Å²) in [6.07, 6.45) is 5.78. The van der Waals surface area contributed by atoms with Crippen LogP contribution in [0.25, 0.3) is 44.6 Å². The zero-order chi connectivity index (χ0) is 30.6. The van der Waals surface area contributed by atoms with Crippen molar-refractivity contribution in [2.75, 3.05) is 13.7 Å². The topological polar surface area (TPSA) is 98.5 Å². The van der Waals surface area contributed by atoms with Gasteiger partial charge in [0.05, 0.1) is 24.4 Å². The van der Waals surface area contributed by atoms with E-state index in [-0.39, 0.29) is 24.1 Å². The van der Waals surface area contributed by atoms with E-state index in [9.17, 15) is 9.90 Å². The van der Waals surface area contributed by atoms with Crippen molar-refractivity contribution in [2.45, 2.75) is 63.3 Å². The number of imidazole rings is 1. The normalized spacial score (nSPS) is 23.9. The first-order chi connectivity index (χ1) is 21.9. The molecule has 4 atom stereocenters. The fourth-order valence-corrected chi connectivity index (χ4v) is 8.42. The molecule has 3 heterocycles. The average Bonchev–Trinajstić information content (AvgIpc) is 3.26. The van der Waals surface area contributed by atoms with E-state index < -0.39 is 0 Å². The van der Waals surface area contributed by atoms with Crippen molar-refractivity contribution in [1.29, 1.82) is 0 Å². The number of rotatable bonds is 6. The van der Waals surface area contributed by atoms with Gasteiger partial charge in [0.15, 0.2) is 5.82 Å². The minimum absolute atomic E-state index is 0.0153. The summed E-state index contributed by atoms with van der Waals surface area (Å²) < 4.78 is 10.4. The monoisotopic (exact) mass is 601 g/mol. The van der Waals surface area contributed by atoms with Crippen molar-refractivity contribution in [3.8, 4) is 28.4 Å². The minimum atomic E-state index is -0.272. The van der Waals surface area contributed by atoms with Crippen LogP contribution in [0.1, 0.15) is 47.2 Å². The number of carbonyl (C=O) groups excluding carboxylic acids is 1. The van der Waals surface area contributed by atoms with Crippen molar-refractivity contribution in [1.82, 2.24) is 19.0 Å². The third-order valence-electron chi connectivity index (χ3n) is 11.0. The van der Waals surface area contributed by atoms with Gasteiger partial charge < -0.3 is 29.6 Å². The molecule has 3 aliphatic carbocycles. The number of ether oxygens (including phenoxy) is 1. The molecule has 3 fully saturated rings. The van der Waals surface area contributed by atoms with Crippen molar-refractivity contribution in [3.63, 3.8) is 0 Å². The lowest BCUT2D eigenvalue weighted by Crippen LogP contribution is -2.41. The molecular formula is C37H39N5O3. The Morgan fingerprint density at radius 2 is 1.80 bits per heavy atom. The van der Waals surface area contributed by atoms with Crippen LogP contribution in [0, 0.1) is 11.8 Å². The summed E-state index contributed by atoms with van der Waals surface area (Å²) in [6.45, 7) is 1.68. The predicted molar refractivity (Wildman–Crippen MR) is 175 cm³/mol. The van der Waals surface area contributed by atoms with Crippen LogP contribution in [0.3, 0.4) is 0 Å². The fraction of sp³-hybridized carbons (Fsp3) is 0.405. The summed E-state index contributed by atoms with van der Waals surface area (Å²) in [5.74, 6) is 2.59. The van der Waals surface area contributed by atoms with E-state index in [4.69, 9.17) is 15.5 Å². The highest BCUT2D eigenvalue weighted by molar-refractivity contribution is 6.00. The second kappa shape index (κ2) is 9.93. The minimum Gasteiger partial charge on any atom is -0.494 e. The van der Waals surface area contributed by atoms with E-state index in [1.165, 1.54) is 46.0 Å². The number of carbonyl (C=O) groups is 1. The molecule has 45 heavy (non-hydrogen) atoms. The highest BCUT2D eigenvalue weighted by Crippen LogP contribution is 2.41. The number of nitrogens with two attached hydrogens (primary N) is 1. The SMILES string of the molecule is COc1cc(C(=O)N2CC3CCC2[C@@H]3N)cc2nc(-c3cc4ccc(-c5ccc6c(c5)CC(O)C6)cc4n3CC3CC3)n(C)c12. The number of aromatic nitrogens is 3. The Bertz CT molecular complexity index is 2020. The third-order valence-corrected chi connectivity index (χ3v) is 11.0. The van der Waals surface area contributed by atoms with Crippen molar-refractivity contribution in [2.24, 2.45) is 24.6 Å². The Labute approximate surface area is 262 Å². The summed E-state index contributed by atoms with van der Waals surface area (Å²) in [6, 6.07) is 19.6. The van der Waals surface area contributed by atoms with Crippen LogP contribution in [-0.4, -0.2) is 61.9 Å². The zero-order valence-corrected chi connectivity index (χ0v) is 25.9. The van der Waals surface area contributed by atoms with Crippen molar-refractivity contribution >= 4 is 27.8 Å². The largest absolute Gasteiger partial charge is 0.494 e. The molecule has 2 aromatic heterocycles. The molecule has 9 rings (SSSR count). The number of aliphatic hydroxyl groups is 1. The zero-order valence-electron chi connectivity index (χ0n) is 25.9. The molecular weight excluding hydrogens is 562 g/mol. The summed E-state index contributed by atoms with van der Waals surface area (Å²) in [4.78, 5) is 20.9. The Balaban J connectivity index is 1.14. The Morgan fingerprint density at radius 3 is 2.56 bits per heavy atom. The number of hydrogen-bond acceptors (Lipinski definition) is 5. The lowest BCUT2D eigenvalue weighted by atomic mass is 10.00. The van der Waals surface area contributed by atoms with Gasteiger partial charge in [-0.05, 0) is 96.9 Å². The van der Waals surface area contributed by atoms with Crippen LogP contribution in [0.2, 0.25) is 0 Å². The quantitative estimate of drug-likeness (QED) is 0.275. The number of hydrogen-bond donors (Lipinski definition) is 2. The van der Waals surface area contributed by atoms with E-state index in [0.29, 0.717) is 23.1 Å². The first-order valence-electron chi connectivity index (χ1n) is 16.4. The molecule has 3 unspecified atom stereocenters. The predicted octanol–water partition coefficient (Wildman–Crippen LogP) is 5.30. The Morgan fingerprint density at radius 1 is 1.00 bits per heavy atom. The Kier molecular flexibility index (Phi) is 6.00. The van der Waals surface area contributed by atoms with Crippen LogP contribution in [0.4, 0.5) is 0 Å². The number of nitrogens with zero attached hydrogens (tertiary/aromatic N) is 4.